The second-order valence-electron chi connectivity index (χ2n) is 5.02. The maximum atomic E-state index is 6.04. The van der Waals surface area contributed by atoms with Crippen LogP contribution in [0.25, 0.3) is 0 Å². The first kappa shape index (κ1) is 15.8. The minimum atomic E-state index is 0.465. The maximum Gasteiger partial charge on any atom is 0.242 e. The zero-order chi connectivity index (χ0) is 14.9. The molecule has 0 spiro atoms. The summed E-state index contributed by atoms with van der Waals surface area (Å²) in [5, 5.41) is 3.25. The van der Waals surface area contributed by atoms with Crippen LogP contribution >= 0.6 is 0 Å². The van der Waals surface area contributed by atoms with Crippen molar-refractivity contribution in [3.8, 4) is 5.88 Å². The highest BCUT2D eigenvalue weighted by molar-refractivity contribution is 5.66. The molecule has 7 heteroatoms. The number of hydrogen-bond acceptors (Lipinski definition) is 7. The van der Waals surface area contributed by atoms with Crippen LogP contribution in [-0.4, -0.2) is 60.9 Å². The van der Waals surface area contributed by atoms with E-state index in [0.717, 1.165) is 52.2 Å². The fourth-order valence-corrected chi connectivity index (χ4v) is 2.11. The fourth-order valence-electron chi connectivity index (χ4n) is 2.11. The molecule has 1 fully saturated rings. The molecule has 1 aliphatic rings. The molecule has 0 amide bonds. The van der Waals surface area contributed by atoms with Gasteiger partial charge in [0.15, 0.2) is 5.82 Å². The lowest BCUT2D eigenvalue weighted by Crippen LogP contribution is -2.39. The predicted molar refractivity (Wildman–Crippen MR) is 82.6 cm³/mol. The lowest BCUT2D eigenvalue weighted by Gasteiger charge is -2.26. The minimum absolute atomic E-state index is 0.465. The molecule has 0 aromatic carbocycles. The molecule has 1 saturated heterocycles. The van der Waals surface area contributed by atoms with Crippen molar-refractivity contribution in [2.75, 3.05) is 57.1 Å². The molecule has 1 aromatic rings. The van der Waals surface area contributed by atoms with E-state index < -0.39 is 0 Å². The molecule has 0 unspecified atom stereocenters. The summed E-state index contributed by atoms with van der Waals surface area (Å²) in [4.78, 5) is 10.6. The third kappa shape index (κ3) is 5.02. The van der Waals surface area contributed by atoms with E-state index >= 15 is 0 Å². The Kier molecular flexibility index (Phi) is 6.49. The van der Waals surface area contributed by atoms with Crippen LogP contribution in [0.15, 0.2) is 6.33 Å². The SMILES string of the molecule is CCCCOc1ncnc(NCCN2CCOCC2)c1N. The molecule has 2 rings (SSSR count). The molecular weight excluding hydrogens is 270 g/mol. The highest BCUT2D eigenvalue weighted by atomic mass is 16.5. The average Bonchev–Trinajstić information content (AvgIpc) is 2.52. The van der Waals surface area contributed by atoms with Crippen molar-refractivity contribution in [1.82, 2.24) is 14.9 Å². The first-order chi connectivity index (χ1) is 10.3. The van der Waals surface area contributed by atoms with E-state index in [4.69, 9.17) is 15.2 Å². The van der Waals surface area contributed by atoms with E-state index in [1.807, 2.05) is 0 Å². The van der Waals surface area contributed by atoms with Gasteiger partial charge in [0.05, 0.1) is 19.8 Å². The summed E-state index contributed by atoms with van der Waals surface area (Å²) >= 11 is 0. The number of rotatable bonds is 8. The van der Waals surface area contributed by atoms with Gasteiger partial charge in [-0.3, -0.25) is 4.90 Å². The average molecular weight is 295 g/mol. The highest BCUT2D eigenvalue weighted by Crippen LogP contribution is 2.24. The summed E-state index contributed by atoms with van der Waals surface area (Å²) in [6, 6.07) is 0. The van der Waals surface area contributed by atoms with Crippen molar-refractivity contribution in [1.29, 1.82) is 0 Å². The lowest BCUT2D eigenvalue weighted by molar-refractivity contribution is 0.0398. The molecule has 21 heavy (non-hydrogen) atoms. The van der Waals surface area contributed by atoms with Gasteiger partial charge in [-0.05, 0) is 6.42 Å². The van der Waals surface area contributed by atoms with E-state index in [0.29, 0.717) is 24.0 Å². The smallest absolute Gasteiger partial charge is 0.242 e. The van der Waals surface area contributed by atoms with Gasteiger partial charge < -0.3 is 20.5 Å². The summed E-state index contributed by atoms with van der Waals surface area (Å²) in [5.74, 6) is 1.11. The normalized spacial score (nSPS) is 15.9. The molecular formula is C14H25N5O2. The van der Waals surface area contributed by atoms with E-state index in [9.17, 15) is 0 Å². The van der Waals surface area contributed by atoms with Crippen molar-refractivity contribution < 1.29 is 9.47 Å². The second kappa shape index (κ2) is 8.63. The Hall–Kier alpha value is -1.60. The van der Waals surface area contributed by atoms with E-state index in [1.54, 1.807) is 0 Å². The molecule has 3 N–H and O–H groups in total. The van der Waals surface area contributed by atoms with Gasteiger partial charge in [-0.25, -0.2) is 4.98 Å². The van der Waals surface area contributed by atoms with Crippen LogP contribution in [0.2, 0.25) is 0 Å². The van der Waals surface area contributed by atoms with Crippen molar-refractivity contribution in [3.05, 3.63) is 6.33 Å². The molecule has 0 radical (unpaired) electrons. The number of hydrogen-bond donors (Lipinski definition) is 2. The van der Waals surface area contributed by atoms with Gasteiger partial charge in [0.1, 0.15) is 12.0 Å². The van der Waals surface area contributed by atoms with Crippen LogP contribution < -0.4 is 15.8 Å². The standard InChI is InChI=1S/C14H25N5O2/c1-2-3-8-21-14-12(15)13(17-11-18-14)16-4-5-19-6-9-20-10-7-19/h11H,2-10,15H2,1H3,(H,16,17,18). The number of nitrogens with one attached hydrogen (secondary N) is 1. The lowest BCUT2D eigenvalue weighted by atomic mass is 10.3. The van der Waals surface area contributed by atoms with Gasteiger partial charge in [-0.1, -0.05) is 13.3 Å². The number of anilines is 2. The van der Waals surface area contributed by atoms with E-state index in [-0.39, 0.29) is 0 Å². The molecule has 1 aliphatic heterocycles. The zero-order valence-corrected chi connectivity index (χ0v) is 12.7. The summed E-state index contributed by atoms with van der Waals surface area (Å²) < 4.78 is 10.9. The summed E-state index contributed by atoms with van der Waals surface area (Å²) in [5.41, 5.74) is 6.52. The highest BCUT2D eigenvalue weighted by Gasteiger charge is 2.11. The molecule has 0 atom stereocenters. The van der Waals surface area contributed by atoms with Crippen LogP contribution in [-0.2, 0) is 4.74 Å². The number of nitrogens with zero attached hydrogens (tertiary/aromatic N) is 3. The Labute approximate surface area is 125 Å². The monoisotopic (exact) mass is 295 g/mol. The quantitative estimate of drug-likeness (QED) is 0.691. The Morgan fingerprint density at radius 1 is 1.38 bits per heavy atom. The number of aromatic nitrogens is 2. The molecule has 7 nitrogen and oxygen atoms in total. The van der Waals surface area contributed by atoms with Gasteiger partial charge in [0.25, 0.3) is 0 Å². The van der Waals surface area contributed by atoms with Crippen molar-refractivity contribution in [2.24, 2.45) is 0 Å². The number of morpholine rings is 1. The first-order valence-electron chi connectivity index (χ1n) is 7.58. The third-order valence-corrected chi connectivity index (χ3v) is 3.41. The van der Waals surface area contributed by atoms with Crippen LogP contribution in [0.4, 0.5) is 11.5 Å². The number of unbranched alkanes of at least 4 members (excludes halogenated alkanes) is 1. The van der Waals surface area contributed by atoms with Crippen LogP contribution in [0.5, 0.6) is 5.88 Å². The van der Waals surface area contributed by atoms with Crippen LogP contribution in [0.1, 0.15) is 19.8 Å². The topological polar surface area (TPSA) is 85.5 Å². The van der Waals surface area contributed by atoms with Gasteiger partial charge in [0, 0.05) is 26.2 Å². The Bertz CT molecular complexity index is 424. The second-order valence-corrected chi connectivity index (χ2v) is 5.02. The predicted octanol–water partition coefficient (Wildman–Crippen LogP) is 0.982. The third-order valence-electron chi connectivity index (χ3n) is 3.41. The largest absolute Gasteiger partial charge is 0.476 e. The Morgan fingerprint density at radius 3 is 2.95 bits per heavy atom. The first-order valence-corrected chi connectivity index (χ1v) is 7.58. The molecule has 1 aromatic heterocycles. The number of ether oxygens (including phenoxy) is 2. The molecule has 0 aliphatic carbocycles. The maximum absolute atomic E-state index is 6.04. The fraction of sp³-hybridized carbons (Fsp3) is 0.714. The molecule has 0 saturated carbocycles. The number of nitrogen functional groups attached to an aromatic ring is 1. The summed E-state index contributed by atoms with van der Waals surface area (Å²) in [7, 11) is 0. The van der Waals surface area contributed by atoms with E-state index in [1.165, 1.54) is 6.33 Å². The Morgan fingerprint density at radius 2 is 2.19 bits per heavy atom. The van der Waals surface area contributed by atoms with Gasteiger partial charge >= 0.3 is 0 Å². The van der Waals surface area contributed by atoms with Gasteiger partial charge in [0.2, 0.25) is 5.88 Å². The van der Waals surface area contributed by atoms with Crippen molar-refractivity contribution >= 4 is 11.5 Å². The molecule has 118 valence electrons. The van der Waals surface area contributed by atoms with E-state index in [2.05, 4.69) is 27.1 Å². The Balaban J connectivity index is 1.80. The zero-order valence-electron chi connectivity index (χ0n) is 12.7. The number of nitrogens with two attached hydrogens (primary N) is 1. The molecule has 2 heterocycles. The minimum Gasteiger partial charge on any atom is -0.476 e. The van der Waals surface area contributed by atoms with Crippen molar-refractivity contribution in [3.63, 3.8) is 0 Å². The van der Waals surface area contributed by atoms with Crippen LogP contribution in [0, 0.1) is 0 Å². The van der Waals surface area contributed by atoms with Gasteiger partial charge in [-0.15, -0.1) is 0 Å². The molecule has 0 bridgehead atoms. The van der Waals surface area contributed by atoms with Crippen LogP contribution in [0.3, 0.4) is 0 Å². The van der Waals surface area contributed by atoms with Gasteiger partial charge in [-0.2, -0.15) is 4.98 Å². The summed E-state index contributed by atoms with van der Waals surface area (Å²) in [6.45, 7) is 8.06. The summed E-state index contributed by atoms with van der Waals surface area (Å²) in [6.07, 6.45) is 3.55. The van der Waals surface area contributed by atoms with Crippen molar-refractivity contribution in [2.45, 2.75) is 19.8 Å².